The second-order valence-electron chi connectivity index (χ2n) is 11.9. The lowest BCUT2D eigenvalue weighted by molar-refractivity contribution is -0.116. The van der Waals surface area contributed by atoms with Crippen LogP contribution < -0.4 is 0 Å². The van der Waals surface area contributed by atoms with E-state index in [0.29, 0.717) is 25.7 Å². The standard InChI is InChI=1S/C36H48O2/c1-25(2)11-7-13-27(5)15-9-17-29-19-21-31-33(23-29)35(37)32-22-20-30(24-34(32)36(31)38)18-10-16-28(6)14-8-12-26(3)4/h11-12,15-16,19-20H,7-10,13-14,17-18,21-24H2,1-6H3/b27-15+,28-16+. The second-order valence-corrected chi connectivity index (χ2v) is 11.9. The average Bonchev–Trinajstić information content (AvgIpc) is 2.86. The molecule has 0 unspecified atom stereocenters. The van der Waals surface area contributed by atoms with Gasteiger partial charge < -0.3 is 0 Å². The van der Waals surface area contributed by atoms with Crippen LogP contribution in [0.1, 0.15) is 119 Å². The van der Waals surface area contributed by atoms with Gasteiger partial charge in [0.15, 0.2) is 11.6 Å². The van der Waals surface area contributed by atoms with Crippen molar-refractivity contribution in [1.29, 1.82) is 0 Å². The normalized spacial score (nSPS) is 18.2. The molecule has 0 saturated carbocycles. The third-order valence-corrected chi connectivity index (χ3v) is 7.92. The van der Waals surface area contributed by atoms with E-state index in [1.165, 1.54) is 33.4 Å². The lowest BCUT2D eigenvalue weighted by Crippen LogP contribution is -2.27. The summed E-state index contributed by atoms with van der Waals surface area (Å²) in [5.41, 5.74) is 11.3. The van der Waals surface area contributed by atoms with Gasteiger partial charge in [-0.2, -0.15) is 0 Å². The maximum atomic E-state index is 13.4. The van der Waals surface area contributed by atoms with Gasteiger partial charge in [0, 0.05) is 22.3 Å². The second kappa shape index (κ2) is 14.4. The minimum Gasteiger partial charge on any atom is -0.289 e. The highest BCUT2D eigenvalue weighted by atomic mass is 16.1. The molecule has 3 aliphatic carbocycles. The molecule has 3 aliphatic rings. The largest absolute Gasteiger partial charge is 0.289 e. The summed E-state index contributed by atoms with van der Waals surface area (Å²) in [4.78, 5) is 26.9. The van der Waals surface area contributed by atoms with Crippen LogP contribution in [0.2, 0.25) is 0 Å². The Labute approximate surface area is 231 Å². The first-order valence-electron chi connectivity index (χ1n) is 14.6. The number of ketones is 2. The van der Waals surface area contributed by atoms with Crippen LogP contribution in [0, 0.1) is 0 Å². The van der Waals surface area contributed by atoms with Gasteiger partial charge in [-0.05, 0) is 119 Å². The minimum absolute atomic E-state index is 0.138. The van der Waals surface area contributed by atoms with Gasteiger partial charge in [0.1, 0.15) is 0 Å². The summed E-state index contributed by atoms with van der Waals surface area (Å²) in [6, 6.07) is 0. The maximum Gasteiger partial charge on any atom is 0.186 e. The third-order valence-electron chi connectivity index (χ3n) is 7.92. The van der Waals surface area contributed by atoms with Crippen LogP contribution in [0.25, 0.3) is 0 Å². The van der Waals surface area contributed by atoms with Crippen LogP contribution >= 0.6 is 0 Å². The molecule has 0 heterocycles. The van der Waals surface area contributed by atoms with Gasteiger partial charge in [-0.1, -0.05) is 69.9 Å². The van der Waals surface area contributed by atoms with Gasteiger partial charge >= 0.3 is 0 Å². The molecule has 0 atom stereocenters. The molecule has 3 rings (SSSR count). The summed E-state index contributed by atoms with van der Waals surface area (Å²) in [6.07, 6.45) is 24.5. The van der Waals surface area contributed by atoms with Crippen LogP contribution in [0.4, 0.5) is 0 Å². The van der Waals surface area contributed by atoms with Crippen LogP contribution in [0.5, 0.6) is 0 Å². The van der Waals surface area contributed by atoms with Gasteiger partial charge in [-0.3, -0.25) is 9.59 Å². The SMILES string of the molecule is CC(C)=CCC/C(C)=C/CCC1=CCC2=C(C1)C(=O)C1=C(CC(CC/C=C(\C)CCC=C(C)C)=CC1)C2=O. The molecule has 0 saturated heterocycles. The molecule has 38 heavy (non-hydrogen) atoms. The third kappa shape index (κ3) is 8.65. The summed E-state index contributed by atoms with van der Waals surface area (Å²) < 4.78 is 0. The molecule has 204 valence electrons. The number of Topliss-reactive ketones (excluding diaryl/α,β-unsaturated/α-hetero) is 2. The molecular formula is C36H48O2. The number of allylic oxidation sites excluding steroid dienone is 16. The summed E-state index contributed by atoms with van der Waals surface area (Å²) in [5.74, 6) is 0.276. The zero-order chi connectivity index (χ0) is 27.7. The number of hydrogen-bond acceptors (Lipinski definition) is 2. The predicted octanol–water partition coefficient (Wildman–Crippen LogP) is 10.1. The van der Waals surface area contributed by atoms with Gasteiger partial charge in [-0.25, -0.2) is 0 Å². The molecule has 0 spiro atoms. The van der Waals surface area contributed by atoms with E-state index >= 15 is 0 Å². The van der Waals surface area contributed by atoms with Crippen LogP contribution in [0.3, 0.4) is 0 Å². The highest BCUT2D eigenvalue weighted by Crippen LogP contribution is 2.40. The Bertz CT molecular complexity index is 1080. The molecular weight excluding hydrogens is 464 g/mol. The van der Waals surface area contributed by atoms with E-state index in [1.807, 2.05) is 0 Å². The van der Waals surface area contributed by atoms with Gasteiger partial charge in [0.25, 0.3) is 0 Å². The first-order valence-corrected chi connectivity index (χ1v) is 14.6. The predicted molar refractivity (Wildman–Crippen MR) is 162 cm³/mol. The van der Waals surface area contributed by atoms with Crippen molar-refractivity contribution in [2.45, 2.75) is 119 Å². The van der Waals surface area contributed by atoms with Crippen LogP contribution in [-0.4, -0.2) is 11.6 Å². The van der Waals surface area contributed by atoms with E-state index in [-0.39, 0.29) is 11.6 Å². The minimum atomic E-state index is 0.138. The fourth-order valence-corrected chi connectivity index (χ4v) is 5.58. The molecule has 0 aromatic heterocycles. The van der Waals surface area contributed by atoms with Crippen molar-refractivity contribution in [2.24, 2.45) is 0 Å². The Morgan fingerprint density at radius 2 is 0.974 bits per heavy atom. The Hall–Kier alpha value is -2.74. The number of carbonyl (C=O) groups is 2. The van der Waals surface area contributed by atoms with E-state index in [2.05, 4.69) is 78.0 Å². The van der Waals surface area contributed by atoms with E-state index < -0.39 is 0 Å². The first kappa shape index (κ1) is 29.8. The van der Waals surface area contributed by atoms with Gasteiger partial charge in [0.05, 0.1) is 0 Å². The van der Waals surface area contributed by atoms with Crippen molar-refractivity contribution >= 4 is 11.6 Å². The number of hydrogen-bond donors (Lipinski definition) is 0. The van der Waals surface area contributed by atoms with Crippen molar-refractivity contribution in [3.63, 3.8) is 0 Å². The zero-order valence-corrected chi connectivity index (χ0v) is 24.8. The highest BCUT2D eigenvalue weighted by molar-refractivity contribution is 6.26. The van der Waals surface area contributed by atoms with E-state index in [4.69, 9.17) is 0 Å². The maximum absolute atomic E-state index is 13.4. The van der Waals surface area contributed by atoms with Crippen molar-refractivity contribution in [1.82, 2.24) is 0 Å². The van der Waals surface area contributed by atoms with Crippen LogP contribution in [-0.2, 0) is 9.59 Å². The fraction of sp³-hybridized carbons (Fsp3) is 0.500. The number of rotatable bonds is 12. The smallest absolute Gasteiger partial charge is 0.186 e. The molecule has 2 heteroatoms. The Morgan fingerprint density at radius 1 is 0.579 bits per heavy atom. The molecule has 0 aromatic carbocycles. The molecule has 2 nitrogen and oxygen atoms in total. The van der Waals surface area contributed by atoms with E-state index in [0.717, 1.165) is 73.7 Å². The molecule has 0 amide bonds. The zero-order valence-electron chi connectivity index (χ0n) is 24.8. The Morgan fingerprint density at radius 3 is 1.34 bits per heavy atom. The molecule has 0 aromatic rings. The summed E-state index contributed by atoms with van der Waals surface area (Å²) in [5, 5.41) is 0. The molecule has 0 fully saturated rings. The molecule has 0 radical (unpaired) electrons. The fourth-order valence-electron chi connectivity index (χ4n) is 5.58. The Balaban J connectivity index is 1.52. The quantitative estimate of drug-likeness (QED) is 0.192. The topological polar surface area (TPSA) is 34.1 Å². The molecule has 0 N–H and O–H groups in total. The van der Waals surface area contributed by atoms with Crippen molar-refractivity contribution in [2.75, 3.05) is 0 Å². The average molecular weight is 513 g/mol. The van der Waals surface area contributed by atoms with Crippen molar-refractivity contribution < 1.29 is 9.59 Å². The van der Waals surface area contributed by atoms with Crippen molar-refractivity contribution in [3.05, 3.63) is 92.2 Å². The summed E-state index contributed by atoms with van der Waals surface area (Å²) >= 11 is 0. The monoisotopic (exact) mass is 512 g/mol. The lowest BCUT2D eigenvalue weighted by atomic mass is 9.73. The van der Waals surface area contributed by atoms with Gasteiger partial charge in [0.2, 0.25) is 0 Å². The van der Waals surface area contributed by atoms with Gasteiger partial charge in [-0.15, -0.1) is 0 Å². The lowest BCUT2D eigenvalue weighted by Gasteiger charge is -2.29. The Kier molecular flexibility index (Phi) is 11.3. The molecule has 0 bridgehead atoms. The van der Waals surface area contributed by atoms with Crippen LogP contribution in [0.15, 0.2) is 92.2 Å². The van der Waals surface area contributed by atoms with E-state index in [9.17, 15) is 9.59 Å². The summed E-state index contributed by atoms with van der Waals surface area (Å²) in [7, 11) is 0. The summed E-state index contributed by atoms with van der Waals surface area (Å²) in [6.45, 7) is 13.0. The molecule has 0 aliphatic heterocycles. The van der Waals surface area contributed by atoms with E-state index in [1.54, 1.807) is 0 Å². The number of carbonyl (C=O) groups excluding carboxylic acids is 2. The van der Waals surface area contributed by atoms with Crippen molar-refractivity contribution in [3.8, 4) is 0 Å². The highest BCUT2D eigenvalue weighted by Gasteiger charge is 2.36. The first-order chi connectivity index (χ1) is 18.2.